The van der Waals surface area contributed by atoms with E-state index < -0.39 is 10.0 Å². The maximum absolute atomic E-state index is 13.7. The number of sulfonamides is 1. The van der Waals surface area contributed by atoms with Crippen LogP contribution in [0.1, 0.15) is 25.0 Å². The summed E-state index contributed by atoms with van der Waals surface area (Å²) in [6.45, 7) is 8.09. The van der Waals surface area contributed by atoms with Crippen molar-refractivity contribution in [3.05, 3.63) is 29.1 Å². The van der Waals surface area contributed by atoms with Gasteiger partial charge in [0, 0.05) is 25.2 Å². The normalized spacial score (nSPS) is 24.9. The number of hydrogen-bond donors (Lipinski definition) is 1. The molecular weight excluding hydrogens is 279 g/mol. The Morgan fingerprint density at radius 1 is 1.25 bits per heavy atom. The molecule has 20 heavy (non-hydrogen) atoms. The largest absolute Gasteiger partial charge is 0.311 e. The lowest BCUT2D eigenvalue weighted by atomic mass is 10.1. The molecule has 1 aromatic rings. The summed E-state index contributed by atoms with van der Waals surface area (Å²) in [6, 6.07) is 2.80. The van der Waals surface area contributed by atoms with Crippen molar-refractivity contribution in [3.8, 4) is 0 Å². The fourth-order valence-electron chi connectivity index (χ4n) is 2.56. The number of hydrogen-bond acceptors (Lipinski definition) is 3. The van der Waals surface area contributed by atoms with Crippen LogP contribution in [0.25, 0.3) is 0 Å². The Morgan fingerprint density at radius 3 is 2.35 bits per heavy atom. The number of rotatable bonds is 2. The molecule has 1 N–H and O–H groups in total. The maximum atomic E-state index is 13.7. The first-order valence-electron chi connectivity index (χ1n) is 6.77. The molecule has 6 heteroatoms. The molecule has 112 valence electrons. The zero-order valence-corrected chi connectivity index (χ0v) is 13.1. The monoisotopic (exact) mass is 300 g/mol. The quantitative estimate of drug-likeness (QED) is 0.906. The van der Waals surface area contributed by atoms with Crippen LogP contribution in [0, 0.1) is 19.7 Å². The van der Waals surface area contributed by atoms with Crippen molar-refractivity contribution in [3.63, 3.8) is 0 Å². The molecule has 1 heterocycles. The molecule has 4 nitrogen and oxygen atoms in total. The minimum Gasteiger partial charge on any atom is -0.311 e. The van der Waals surface area contributed by atoms with Gasteiger partial charge in [0.05, 0.1) is 4.90 Å². The molecule has 0 aromatic heterocycles. The average molecular weight is 300 g/mol. The van der Waals surface area contributed by atoms with Gasteiger partial charge in [-0.15, -0.1) is 0 Å². The van der Waals surface area contributed by atoms with Gasteiger partial charge in [0.1, 0.15) is 5.82 Å². The molecule has 1 saturated heterocycles. The van der Waals surface area contributed by atoms with E-state index in [9.17, 15) is 12.8 Å². The molecule has 0 amide bonds. The topological polar surface area (TPSA) is 49.4 Å². The van der Waals surface area contributed by atoms with E-state index in [2.05, 4.69) is 5.32 Å². The Bertz CT molecular complexity index is 593. The van der Waals surface area contributed by atoms with Gasteiger partial charge in [-0.2, -0.15) is 4.31 Å². The van der Waals surface area contributed by atoms with Crippen molar-refractivity contribution in [1.29, 1.82) is 0 Å². The number of aryl methyl sites for hydroxylation is 2. The van der Waals surface area contributed by atoms with E-state index >= 15 is 0 Å². The standard InChI is InChI=1S/C14H21FN2O2S/c1-9-7-13(8-10(2)14(9)15)20(18,19)17-6-5-16-11(3)12(17)4/h7-8,11-12,16H,5-6H2,1-4H3. The molecule has 1 aromatic carbocycles. The molecule has 0 aliphatic carbocycles. The molecule has 1 aliphatic heterocycles. The molecular formula is C14H21FN2O2S. The summed E-state index contributed by atoms with van der Waals surface area (Å²) in [5, 5.41) is 3.25. The minimum atomic E-state index is -3.58. The Morgan fingerprint density at radius 2 is 1.80 bits per heavy atom. The van der Waals surface area contributed by atoms with Crippen molar-refractivity contribution < 1.29 is 12.8 Å². The molecule has 1 aliphatic rings. The lowest BCUT2D eigenvalue weighted by Crippen LogP contribution is -2.57. The lowest BCUT2D eigenvalue weighted by Gasteiger charge is -2.37. The Kier molecular flexibility index (Phi) is 4.18. The highest BCUT2D eigenvalue weighted by atomic mass is 32.2. The summed E-state index contributed by atoms with van der Waals surface area (Å²) in [5.74, 6) is -0.342. The van der Waals surface area contributed by atoms with E-state index in [1.54, 1.807) is 13.8 Å². The Hall–Kier alpha value is -0.980. The molecule has 0 bridgehead atoms. The number of halogens is 1. The summed E-state index contributed by atoms with van der Waals surface area (Å²) < 4.78 is 40.6. The predicted octanol–water partition coefficient (Wildman–Crippen LogP) is 1.81. The van der Waals surface area contributed by atoms with Gasteiger partial charge in [0.25, 0.3) is 0 Å². The smallest absolute Gasteiger partial charge is 0.243 e. The lowest BCUT2D eigenvalue weighted by molar-refractivity contribution is 0.233. The predicted molar refractivity (Wildman–Crippen MR) is 76.7 cm³/mol. The van der Waals surface area contributed by atoms with Crippen LogP contribution in [-0.4, -0.2) is 37.9 Å². The van der Waals surface area contributed by atoms with Crippen molar-refractivity contribution >= 4 is 10.0 Å². The minimum absolute atomic E-state index is 0.0983. The molecule has 0 spiro atoms. The highest BCUT2D eigenvalue weighted by molar-refractivity contribution is 7.89. The second kappa shape index (κ2) is 5.42. The van der Waals surface area contributed by atoms with Gasteiger partial charge in [0.15, 0.2) is 0 Å². The second-order valence-corrected chi connectivity index (χ2v) is 7.36. The van der Waals surface area contributed by atoms with Gasteiger partial charge in [-0.25, -0.2) is 12.8 Å². The summed E-state index contributed by atoms with van der Waals surface area (Å²) in [5.41, 5.74) is 0.721. The van der Waals surface area contributed by atoms with E-state index in [1.165, 1.54) is 16.4 Å². The third kappa shape index (κ3) is 2.60. The summed E-state index contributed by atoms with van der Waals surface area (Å²) in [4.78, 5) is 0.176. The van der Waals surface area contributed by atoms with Crippen molar-refractivity contribution in [2.24, 2.45) is 0 Å². The second-order valence-electron chi connectivity index (χ2n) is 5.47. The maximum Gasteiger partial charge on any atom is 0.243 e. The molecule has 0 radical (unpaired) electrons. The van der Waals surface area contributed by atoms with Crippen LogP contribution in [-0.2, 0) is 10.0 Å². The zero-order valence-electron chi connectivity index (χ0n) is 12.3. The summed E-state index contributed by atoms with van der Waals surface area (Å²) in [6.07, 6.45) is 0. The van der Waals surface area contributed by atoms with E-state index in [1.807, 2.05) is 13.8 Å². The van der Waals surface area contributed by atoms with Crippen LogP contribution < -0.4 is 5.32 Å². The molecule has 2 unspecified atom stereocenters. The SMILES string of the molecule is Cc1cc(S(=O)(=O)N2CCNC(C)C2C)cc(C)c1F. The van der Waals surface area contributed by atoms with Crippen LogP contribution in [0.4, 0.5) is 4.39 Å². The third-order valence-corrected chi connectivity index (χ3v) is 5.96. The average Bonchev–Trinajstić information content (AvgIpc) is 2.38. The highest BCUT2D eigenvalue weighted by Crippen LogP contribution is 2.24. The van der Waals surface area contributed by atoms with Gasteiger partial charge in [-0.05, 0) is 51.0 Å². The first kappa shape index (κ1) is 15.4. The number of nitrogens with zero attached hydrogens (tertiary/aromatic N) is 1. The zero-order chi connectivity index (χ0) is 15.1. The van der Waals surface area contributed by atoms with Gasteiger partial charge >= 0.3 is 0 Å². The Labute approximate surface area is 120 Å². The number of benzene rings is 1. The molecule has 1 fully saturated rings. The van der Waals surface area contributed by atoms with Crippen LogP contribution in [0.2, 0.25) is 0 Å². The third-order valence-electron chi connectivity index (χ3n) is 3.99. The van der Waals surface area contributed by atoms with Gasteiger partial charge in [-0.3, -0.25) is 0 Å². The van der Waals surface area contributed by atoms with Crippen LogP contribution >= 0.6 is 0 Å². The molecule has 0 saturated carbocycles. The molecule has 2 atom stereocenters. The van der Waals surface area contributed by atoms with Gasteiger partial charge in [0.2, 0.25) is 10.0 Å². The fourth-order valence-corrected chi connectivity index (χ4v) is 4.43. The van der Waals surface area contributed by atoms with E-state index in [0.717, 1.165) is 0 Å². The van der Waals surface area contributed by atoms with E-state index in [-0.39, 0.29) is 22.8 Å². The van der Waals surface area contributed by atoms with Crippen molar-refractivity contribution in [2.45, 2.75) is 44.7 Å². The van der Waals surface area contributed by atoms with Gasteiger partial charge in [-0.1, -0.05) is 0 Å². The fraction of sp³-hybridized carbons (Fsp3) is 0.571. The van der Waals surface area contributed by atoms with Gasteiger partial charge < -0.3 is 5.32 Å². The van der Waals surface area contributed by atoms with E-state index in [0.29, 0.717) is 24.2 Å². The van der Waals surface area contributed by atoms with Crippen LogP contribution in [0.3, 0.4) is 0 Å². The summed E-state index contributed by atoms with van der Waals surface area (Å²) >= 11 is 0. The first-order chi connectivity index (χ1) is 9.25. The Balaban J connectivity index is 2.45. The number of piperazine rings is 1. The first-order valence-corrected chi connectivity index (χ1v) is 8.21. The van der Waals surface area contributed by atoms with E-state index in [4.69, 9.17) is 0 Å². The number of nitrogens with one attached hydrogen (secondary N) is 1. The van der Waals surface area contributed by atoms with Crippen LogP contribution in [0.15, 0.2) is 17.0 Å². The summed E-state index contributed by atoms with van der Waals surface area (Å²) in [7, 11) is -3.58. The van der Waals surface area contributed by atoms with Crippen molar-refractivity contribution in [2.75, 3.05) is 13.1 Å². The van der Waals surface area contributed by atoms with Crippen LogP contribution in [0.5, 0.6) is 0 Å². The highest BCUT2D eigenvalue weighted by Gasteiger charge is 2.34. The van der Waals surface area contributed by atoms with Crippen molar-refractivity contribution in [1.82, 2.24) is 9.62 Å². The molecule has 2 rings (SSSR count).